The number of methoxy groups -OCH3 is 1. The summed E-state index contributed by atoms with van der Waals surface area (Å²) in [5, 5.41) is 0. The second-order valence-electron chi connectivity index (χ2n) is 5.16. The molecule has 5 heteroatoms. The smallest absolute Gasteiger partial charge is 0.469 e. The van der Waals surface area contributed by atoms with Gasteiger partial charge in [0.25, 0.3) is 0 Å². The average molecular weight is 228 g/mol. The first-order chi connectivity index (χ1) is 7.25. The third-order valence-electron chi connectivity index (χ3n) is 3.54. The summed E-state index contributed by atoms with van der Waals surface area (Å²) in [5.41, 5.74) is -0.807. The summed E-state index contributed by atoms with van der Waals surface area (Å²) in [6.45, 7) is 9.80. The summed E-state index contributed by atoms with van der Waals surface area (Å²) in [6.07, 6.45) is 0.642. The van der Waals surface area contributed by atoms with Gasteiger partial charge in [0.05, 0.1) is 24.1 Å². The van der Waals surface area contributed by atoms with E-state index < -0.39 is 18.3 Å². The molecule has 1 saturated heterocycles. The van der Waals surface area contributed by atoms with Gasteiger partial charge in [-0.05, 0) is 34.1 Å². The maximum Gasteiger partial charge on any atom is 0.472 e. The first-order valence-corrected chi connectivity index (χ1v) is 5.68. The molecule has 0 spiro atoms. The van der Waals surface area contributed by atoms with Crippen LogP contribution in [-0.4, -0.2) is 31.4 Å². The zero-order chi connectivity index (χ0) is 12.6. The molecule has 4 nitrogen and oxygen atoms in total. The summed E-state index contributed by atoms with van der Waals surface area (Å²) < 4.78 is 16.4. The van der Waals surface area contributed by atoms with Gasteiger partial charge in [0.2, 0.25) is 0 Å². The van der Waals surface area contributed by atoms with E-state index in [-0.39, 0.29) is 11.8 Å². The Morgan fingerprint density at radius 2 is 1.69 bits per heavy atom. The molecule has 1 aliphatic heterocycles. The molecule has 1 heterocycles. The molecule has 1 unspecified atom stereocenters. The van der Waals surface area contributed by atoms with Crippen LogP contribution in [0.5, 0.6) is 0 Å². The van der Waals surface area contributed by atoms with Gasteiger partial charge in [-0.3, -0.25) is 4.79 Å². The highest BCUT2D eigenvalue weighted by molar-refractivity contribution is 6.52. The van der Waals surface area contributed by atoms with Crippen molar-refractivity contribution >= 4 is 13.1 Å². The summed E-state index contributed by atoms with van der Waals surface area (Å²) in [5.74, 6) is -0.632. The lowest BCUT2D eigenvalue weighted by Crippen LogP contribution is -2.41. The van der Waals surface area contributed by atoms with Crippen molar-refractivity contribution in [3.8, 4) is 0 Å². The van der Waals surface area contributed by atoms with Crippen molar-refractivity contribution in [3.05, 3.63) is 0 Å². The van der Waals surface area contributed by atoms with Crippen LogP contribution >= 0.6 is 0 Å². The Kier molecular flexibility index (Phi) is 3.70. The number of carbonyl (C=O) groups excluding carboxylic acids is 1. The molecule has 1 aliphatic rings. The van der Waals surface area contributed by atoms with Gasteiger partial charge < -0.3 is 14.0 Å². The fraction of sp³-hybridized carbons (Fsp3) is 0.909. The monoisotopic (exact) mass is 228 g/mol. The Labute approximate surface area is 97.8 Å². The van der Waals surface area contributed by atoms with Crippen molar-refractivity contribution in [2.45, 2.75) is 58.1 Å². The molecule has 0 N–H and O–H groups in total. The highest BCUT2D eigenvalue weighted by Gasteiger charge is 2.55. The molecule has 0 aliphatic carbocycles. The van der Waals surface area contributed by atoms with Crippen LogP contribution in [0.2, 0.25) is 5.82 Å². The van der Waals surface area contributed by atoms with Crippen molar-refractivity contribution in [2.75, 3.05) is 7.11 Å². The van der Waals surface area contributed by atoms with Crippen molar-refractivity contribution < 1.29 is 18.8 Å². The van der Waals surface area contributed by atoms with E-state index >= 15 is 0 Å². The largest absolute Gasteiger partial charge is 0.472 e. The molecule has 1 fully saturated rings. The molecular weight excluding hydrogens is 207 g/mol. The lowest BCUT2D eigenvalue weighted by Gasteiger charge is -2.32. The predicted molar refractivity (Wildman–Crippen MR) is 62.1 cm³/mol. The van der Waals surface area contributed by atoms with Crippen LogP contribution in [0.25, 0.3) is 0 Å². The van der Waals surface area contributed by atoms with Crippen molar-refractivity contribution in [1.29, 1.82) is 0 Å². The SMILES string of the molecule is CCC(B1OC(C)(C)C(C)(C)O1)C(=O)OC. The molecule has 92 valence electrons. The Morgan fingerprint density at radius 1 is 1.25 bits per heavy atom. The lowest BCUT2D eigenvalue weighted by atomic mass is 9.70. The Balaban J connectivity index is 2.81. The van der Waals surface area contributed by atoms with E-state index in [4.69, 9.17) is 14.0 Å². The van der Waals surface area contributed by atoms with Crippen molar-refractivity contribution in [3.63, 3.8) is 0 Å². The van der Waals surface area contributed by atoms with Crippen LogP contribution in [0.1, 0.15) is 41.0 Å². The van der Waals surface area contributed by atoms with Crippen LogP contribution in [0.15, 0.2) is 0 Å². The third kappa shape index (κ3) is 2.25. The van der Waals surface area contributed by atoms with E-state index in [0.717, 1.165) is 0 Å². The van der Waals surface area contributed by atoms with Gasteiger partial charge in [-0.25, -0.2) is 0 Å². The Bertz CT molecular complexity index is 259. The normalized spacial score (nSPS) is 24.2. The van der Waals surface area contributed by atoms with Crippen LogP contribution in [-0.2, 0) is 18.8 Å². The highest BCUT2D eigenvalue weighted by Crippen LogP contribution is 2.40. The van der Waals surface area contributed by atoms with E-state index in [2.05, 4.69) is 0 Å². The van der Waals surface area contributed by atoms with Crippen LogP contribution in [0.3, 0.4) is 0 Å². The third-order valence-corrected chi connectivity index (χ3v) is 3.54. The predicted octanol–water partition coefficient (Wildman–Crippen LogP) is 2.03. The van der Waals surface area contributed by atoms with Gasteiger partial charge in [-0.15, -0.1) is 0 Å². The van der Waals surface area contributed by atoms with Gasteiger partial charge in [0.15, 0.2) is 0 Å². The Morgan fingerprint density at radius 3 is 2.00 bits per heavy atom. The molecule has 0 bridgehead atoms. The molecule has 0 saturated carbocycles. The van der Waals surface area contributed by atoms with E-state index in [0.29, 0.717) is 6.42 Å². The summed E-state index contributed by atoms with van der Waals surface area (Å²) in [6, 6.07) is 0. The standard InChI is InChI=1S/C11H21BO4/c1-7-8(9(13)14-6)12-15-10(2,3)11(4,5)16-12/h8H,7H2,1-6H3. The van der Waals surface area contributed by atoms with Crippen molar-refractivity contribution in [1.82, 2.24) is 0 Å². The maximum atomic E-state index is 11.6. The summed E-state index contributed by atoms with van der Waals surface area (Å²) >= 11 is 0. The quantitative estimate of drug-likeness (QED) is 0.547. The highest BCUT2D eigenvalue weighted by atomic mass is 16.7. The van der Waals surface area contributed by atoms with E-state index in [1.807, 2.05) is 34.6 Å². The maximum absolute atomic E-state index is 11.6. The molecule has 16 heavy (non-hydrogen) atoms. The average Bonchev–Trinajstić information content (AvgIpc) is 2.36. The molecule has 1 rings (SSSR count). The lowest BCUT2D eigenvalue weighted by molar-refractivity contribution is -0.141. The van der Waals surface area contributed by atoms with Crippen LogP contribution < -0.4 is 0 Å². The number of rotatable bonds is 3. The van der Waals surface area contributed by atoms with E-state index in [9.17, 15) is 4.79 Å². The fourth-order valence-electron chi connectivity index (χ4n) is 1.67. The van der Waals surface area contributed by atoms with Gasteiger partial charge in [0, 0.05) is 0 Å². The number of hydrogen-bond acceptors (Lipinski definition) is 4. The zero-order valence-electron chi connectivity index (χ0n) is 11.0. The van der Waals surface area contributed by atoms with Gasteiger partial charge >= 0.3 is 13.1 Å². The van der Waals surface area contributed by atoms with Crippen LogP contribution in [0, 0.1) is 0 Å². The molecule has 0 aromatic rings. The minimum absolute atomic E-state index is 0.277. The number of esters is 1. The van der Waals surface area contributed by atoms with Gasteiger partial charge in [-0.1, -0.05) is 6.92 Å². The molecule has 1 atom stereocenters. The topological polar surface area (TPSA) is 44.8 Å². The molecule has 0 aromatic carbocycles. The summed E-state index contributed by atoms with van der Waals surface area (Å²) in [4.78, 5) is 11.6. The van der Waals surface area contributed by atoms with E-state index in [1.165, 1.54) is 7.11 Å². The molecule has 0 amide bonds. The molecule has 0 aromatic heterocycles. The van der Waals surface area contributed by atoms with Crippen LogP contribution in [0.4, 0.5) is 0 Å². The van der Waals surface area contributed by atoms with Gasteiger partial charge in [-0.2, -0.15) is 0 Å². The Hall–Kier alpha value is -0.545. The number of carbonyl (C=O) groups is 1. The number of ether oxygens (including phenoxy) is 1. The molecule has 0 radical (unpaired) electrons. The first kappa shape index (κ1) is 13.5. The fourth-order valence-corrected chi connectivity index (χ4v) is 1.67. The van der Waals surface area contributed by atoms with Crippen molar-refractivity contribution in [2.24, 2.45) is 0 Å². The number of hydrogen-bond donors (Lipinski definition) is 0. The van der Waals surface area contributed by atoms with Gasteiger partial charge in [0.1, 0.15) is 0 Å². The second kappa shape index (κ2) is 4.38. The second-order valence-corrected chi connectivity index (χ2v) is 5.16. The minimum Gasteiger partial charge on any atom is -0.469 e. The minimum atomic E-state index is -0.512. The first-order valence-electron chi connectivity index (χ1n) is 5.68. The van der Waals surface area contributed by atoms with E-state index in [1.54, 1.807) is 0 Å². The molecular formula is C11H21BO4. The summed E-state index contributed by atoms with van der Waals surface area (Å²) in [7, 11) is 0.874. The zero-order valence-corrected chi connectivity index (χ0v) is 11.0.